The Morgan fingerprint density at radius 2 is 1.32 bits per heavy atom. The number of aromatic hydroxyl groups is 1. The number of benzene rings is 3. The van der Waals surface area contributed by atoms with Crippen LogP contribution in [0.4, 0.5) is 11.4 Å². The number of ether oxygens (including phenoxy) is 1. The average Bonchev–Trinajstić information content (AvgIpc) is 3.42. The zero-order chi connectivity index (χ0) is 30.9. The van der Waals surface area contributed by atoms with Gasteiger partial charge < -0.3 is 9.84 Å². The zero-order valence-corrected chi connectivity index (χ0v) is 28.0. The maximum atomic E-state index is 14.3. The van der Waals surface area contributed by atoms with Gasteiger partial charge in [-0.15, -0.1) is 0 Å². The Balaban J connectivity index is 1.35. The number of phenols is 1. The Hall–Kier alpha value is -3.26. The number of para-hydroxylation sites is 1. The number of allylic oxidation sites excluding steroid dienone is 2. The minimum atomic E-state index is -0.775. The molecule has 0 aromatic heterocycles. The number of hydrogen-bond donors (Lipinski definition) is 1. The number of carbonyl (C=O) groups is 4. The van der Waals surface area contributed by atoms with Crippen molar-refractivity contribution < 1.29 is 29.0 Å². The van der Waals surface area contributed by atoms with E-state index in [1.165, 1.54) is 9.80 Å². The fourth-order valence-electron chi connectivity index (χ4n) is 7.69. The molecule has 4 amide bonds. The van der Waals surface area contributed by atoms with Crippen molar-refractivity contribution in [1.82, 2.24) is 0 Å². The van der Waals surface area contributed by atoms with Crippen LogP contribution in [-0.2, 0) is 19.2 Å². The van der Waals surface area contributed by atoms with E-state index in [1.54, 1.807) is 42.5 Å². The number of halogens is 2. The maximum absolute atomic E-state index is 14.3. The van der Waals surface area contributed by atoms with Crippen molar-refractivity contribution in [3.63, 3.8) is 0 Å². The highest BCUT2D eigenvalue weighted by molar-refractivity contribution is 14.1. The number of amides is 4. The first-order valence-corrected chi connectivity index (χ1v) is 16.8. The number of phenolic OH excluding ortho intramolecular Hbond substituents is 1. The van der Waals surface area contributed by atoms with Crippen molar-refractivity contribution in [2.75, 3.05) is 16.4 Å². The molecule has 2 heterocycles. The largest absolute Gasteiger partial charge is 0.504 e. The number of rotatable bonds is 5. The molecule has 0 radical (unpaired) electrons. The number of anilines is 2. The van der Waals surface area contributed by atoms with Gasteiger partial charge in [0.25, 0.3) is 0 Å². The first kappa shape index (κ1) is 29.5. The molecule has 3 fully saturated rings. The molecule has 7 rings (SSSR count). The highest BCUT2D eigenvalue weighted by Gasteiger charge is 2.62. The molecule has 224 valence electrons. The van der Waals surface area contributed by atoms with E-state index in [4.69, 9.17) is 4.74 Å². The van der Waals surface area contributed by atoms with Gasteiger partial charge >= 0.3 is 0 Å². The van der Waals surface area contributed by atoms with Gasteiger partial charge in [0.1, 0.15) is 0 Å². The van der Waals surface area contributed by atoms with Crippen LogP contribution in [0.15, 0.2) is 78.4 Å². The quantitative estimate of drug-likeness (QED) is 0.192. The molecule has 2 aliphatic carbocycles. The molecule has 1 saturated carbocycles. The van der Waals surface area contributed by atoms with Crippen LogP contribution >= 0.6 is 45.2 Å². The van der Waals surface area contributed by atoms with Crippen LogP contribution in [0.25, 0.3) is 0 Å². The summed E-state index contributed by atoms with van der Waals surface area (Å²) in [5.74, 6) is -4.81. The van der Waals surface area contributed by atoms with Gasteiger partial charge in [-0.2, -0.15) is 0 Å². The Labute approximate surface area is 281 Å². The summed E-state index contributed by atoms with van der Waals surface area (Å²) in [7, 11) is 0. The van der Waals surface area contributed by atoms with Crippen molar-refractivity contribution in [1.29, 1.82) is 0 Å². The van der Waals surface area contributed by atoms with Gasteiger partial charge in [0.2, 0.25) is 23.6 Å². The normalized spacial score (nSPS) is 27.7. The van der Waals surface area contributed by atoms with Crippen LogP contribution in [0.1, 0.15) is 31.2 Å². The number of carbonyl (C=O) groups excluding carboxylic acids is 4. The summed E-state index contributed by atoms with van der Waals surface area (Å²) in [5, 5.41) is 11.4. The van der Waals surface area contributed by atoms with E-state index in [1.807, 2.05) is 37.3 Å². The zero-order valence-electron chi connectivity index (χ0n) is 23.7. The van der Waals surface area contributed by atoms with E-state index >= 15 is 0 Å². The van der Waals surface area contributed by atoms with Crippen LogP contribution < -0.4 is 14.5 Å². The van der Waals surface area contributed by atoms with Gasteiger partial charge in [-0.3, -0.25) is 29.0 Å². The van der Waals surface area contributed by atoms with Gasteiger partial charge in [-0.05, 0) is 125 Å². The second-order valence-electron chi connectivity index (χ2n) is 11.6. The standard InChI is InChI=1S/C34H28I2N2O6/c1-2-44-26-5-3-4-22(30(26)39)27-21-14-15-23-28(33(42)37(31(23)40)19-10-6-17(35)7-11-19)24(21)16-25-29(27)34(43)38(32(25)41)20-12-8-18(36)9-13-20/h3-14,23-25,27-29,39H,2,15-16H2,1H3. The second kappa shape index (κ2) is 11.3. The summed E-state index contributed by atoms with van der Waals surface area (Å²) in [6.07, 6.45) is 2.59. The Kier molecular flexibility index (Phi) is 7.54. The number of imide groups is 2. The molecule has 2 saturated heterocycles. The van der Waals surface area contributed by atoms with Crippen LogP contribution in [0.5, 0.6) is 11.5 Å². The number of fused-ring (bicyclic) bond motifs is 4. The average molecular weight is 814 g/mol. The van der Waals surface area contributed by atoms with Crippen LogP contribution in [0.2, 0.25) is 0 Å². The van der Waals surface area contributed by atoms with E-state index in [2.05, 4.69) is 45.2 Å². The Morgan fingerprint density at radius 1 is 0.750 bits per heavy atom. The predicted octanol–water partition coefficient (Wildman–Crippen LogP) is 6.05. The predicted molar refractivity (Wildman–Crippen MR) is 180 cm³/mol. The van der Waals surface area contributed by atoms with Crippen LogP contribution in [0, 0.1) is 36.7 Å². The van der Waals surface area contributed by atoms with Gasteiger partial charge in [0.05, 0.1) is 41.7 Å². The molecule has 0 spiro atoms. The number of hydrogen-bond acceptors (Lipinski definition) is 6. The van der Waals surface area contributed by atoms with Crippen LogP contribution in [0.3, 0.4) is 0 Å². The molecule has 2 aliphatic heterocycles. The molecule has 0 bridgehead atoms. The van der Waals surface area contributed by atoms with Crippen molar-refractivity contribution in [3.8, 4) is 11.5 Å². The third-order valence-corrected chi connectivity index (χ3v) is 10.9. The monoisotopic (exact) mass is 814 g/mol. The molecule has 10 heteroatoms. The summed E-state index contributed by atoms with van der Waals surface area (Å²) >= 11 is 4.36. The second-order valence-corrected chi connectivity index (χ2v) is 14.1. The maximum Gasteiger partial charge on any atom is 0.238 e. The highest BCUT2D eigenvalue weighted by atomic mass is 127. The smallest absolute Gasteiger partial charge is 0.238 e. The fourth-order valence-corrected chi connectivity index (χ4v) is 8.41. The minimum Gasteiger partial charge on any atom is -0.504 e. The van der Waals surface area contributed by atoms with Crippen molar-refractivity contribution in [3.05, 3.63) is 91.1 Å². The lowest BCUT2D eigenvalue weighted by atomic mass is 9.57. The Bertz CT molecular complexity index is 1740. The third kappa shape index (κ3) is 4.50. The first-order chi connectivity index (χ1) is 21.2. The van der Waals surface area contributed by atoms with Crippen LogP contribution in [-0.4, -0.2) is 35.3 Å². The van der Waals surface area contributed by atoms with Gasteiger partial charge in [0, 0.05) is 18.6 Å². The molecule has 6 atom stereocenters. The molecule has 8 nitrogen and oxygen atoms in total. The summed E-state index contributed by atoms with van der Waals surface area (Å²) in [6.45, 7) is 2.16. The molecule has 3 aromatic rings. The molecule has 3 aromatic carbocycles. The van der Waals surface area contributed by atoms with Gasteiger partial charge in [-0.25, -0.2) is 0 Å². The third-order valence-electron chi connectivity index (χ3n) is 9.48. The molecule has 6 unspecified atom stereocenters. The summed E-state index contributed by atoms with van der Waals surface area (Å²) < 4.78 is 7.66. The van der Waals surface area contributed by atoms with Gasteiger partial charge in [0.15, 0.2) is 11.5 Å². The van der Waals surface area contributed by atoms with Crippen molar-refractivity contribution in [2.24, 2.45) is 29.6 Å². The van der Waals surface area contributed by atoms with Crippen molar-refractivity contribution >= 4 is 80.2 Å². The fraction of sp³-hybridized carbons (Fsp3) is 0.294. The molecule has 4 aliphatic rings. The molecular weight excluding hydrogens is 786 g/mol. The summed E-state index contributed by atoms with van der Waals surface area (Å²) in [6, 6.07) is 19.7. The molecular formula is C34H28I2N2O6. The van der Waals surface area contributed by atoms with E-state index in [0.29, 0.717) is 35.7 Å². The number of nitrogens with zero attached hydrogens (tertiary/aromatic N) is 2. The molecule has 44 heavy (non-hydrogen) atoms. The molecule has 1 N–H and O–H groups in total. The lowest BCUT2D eigenvalue weighted by molar-refractivity contribution is -0.126. The van der Waals surface area contributed by atoms with E-state index in [0.717, 1.165) is 12.7 Å². The SMILES string of the molecule is CCOc1cccc(C2C3=CCC4C(=O)N(c5ccc(I)cc5)C(=O)C4C3CC3C(=O)N(c4ccc(I)cc4)C(=O)C32)c1O. The van der Waals surface area contributed by atoms with E-state index in [9.17, 15) is 24.3 Å². The van der Waals surface area contributed by atoms with E-state index in [-0.39, 0.29) is 35.8 Å². The lowest BCUT2D eigenvalue weighted by Gasteiger charge is -2.44. The first-order valence-electron chi connectivity index (χ1n) is 14.6. The van der Waals surface area contributed by atoms with Gasteiger partial charge in [-0.1, -0.05) is 23.8 Å². The Morgan fingerprint density at radius 3 is 1.91 bits per heavy atom. The minimum absolute atomic E-state index is 0.0796. The topological polar surface area (TPSA) is 104 Å². The van der Waals surface area contributed by atoms with Crippen molar-refractivity contribution in [2.45, 2.75) is 25.7 Å². The lowest BCUT2D eigenvalue weighted by Crippen LogP contribution is -2.43. The summed E-state index contributed by atoms with van der Waals surface area (Å²) in [5.41, 5.74) is 2.33. The highest BCUT2D eigenvalue weighted by Crippen LogP contribution is 2.59. The van der Waals surface area contributed by atoms with E-state index < -0.39 is 35.5 Å². The summed E-state index contributed by atoms with van der Waals surface area (Å²) in [4.78, 5) is 58.8.